The molecule has 0 saturated carbocycles. The van der Waals surface area contributed by atoms with Gasteiger partial charge >= 0.3 is 0 Å². The van der Waals surface area contributed by atoms with Gasteiger partial charge in [-0.2, -0.15) is 10.1 Å². The van der Waals surface area contributed by atoms with E-state index in [4.69, 9.17) is 0 Å². The Morgan fingerprint density at radius 3 is 3.15 bits per heavy atom. The molecule has 2 aromatic rings. The lowest BCUT2D eigenvalue weighted by Crippen LogP contribution is -2.01. The number of halogens is 1. The number of nitrogens with zero attached hydrogens (tertiary/aromatic N) is 4. The summed E-state index contributed by atoms with van der Waals surface area (Å²) in [6.45, 7) is 2.11. The van der Waals surface area contributed by atoms with Crippen LogP contribution in [0.5, 0.6) is 0 Å². The second-order valence-electron chi connectivity index (χ2n) is 2.72. The maximum atomic E-state index is 4.10. The third-order valence-electron chi connectivity index (χ3n) is 1.89. The van der Waals surface area contributed by atoms with E-state index in [1.807, 2.05) is 6.07 Å². The number of hydrogen-bond acceptors (Lipinski definition) is 3. The van der Waals surface area contributed by atoms with E-state index < -0.39 is 0 Å². The Kier molecular flexibility index (Phi) is 2.26. The van der Waals surface area contributed by atoms with Crippen molar-refractivity contribution in [2.45, 2.75) is 18.2 Å². The Morgan fingerprint density at radius 2 is 2.38 bits per heavy atom. The first-order chi connectivity index (χ1) is 6.33. The van der Waals surface area contributed by atoms with Gasteiger partial charge in [-0.3, -0.25) is 0 Å². The van der Waals surface area contributed by atoms with Crippen molar-refractivity contribution in [1.82, 2.24) is 19.6 Å². The minimum absolute atomic E-state index is 0.305. The Hall–Kier alpha value is -0.970. The normalized spacial score (nSPS) is 13.4. The molecule has 68 valence electrons. The molecule has 1 atom stereocenters. The van der Waals surface area contributed by atoms with Gasteiger partial charge in [-0.05, 0) is 12.5 Å². The number of alkyl halides is 1. The first kappa shape index (κ1) is 8.62. The fourth-order valence-electron chi connectivity index (χ4n) is 1.20. The molecular weight excluding hydrogens is 232 g/mol. The van der Waals surface area contributed by atoms with Gasteiger partial charge in [0.1, 0.15) is 6.33 Å². The van der Waals surface area contributed by atoms with Crippen molar-refractivity contribution in [2.24, 2.45) is 0 Å². The third kappa shape index (κ3) is 1.44. The van der Waals surface area contributed by atoms with Gasteiger partial charge in [0.25, 0.3) is 5.78 Å². The van der Waals surface area contributed by atoms with E-state index in [2.05, 4.69) is 37.9 Å². The molecule has 0 amide bonds. The summed E-state index contributed by atoms with van der Waals surface area (Å²) in [7, 11) is 0. The van der Waals surface area contributed by atoms with Crippen LogP contribution in [0.1, 0.15) is 23.9 Å². The Balaban J connectivity index is 2.60. The standard InChI is InChI=1S/C8H9BrN4/c1-2-6(9)7-3-4-10-8-11-5-12-13(7)8/h3-6H,2H2,1H3. The molecule has 4 nitrogen and oxygen atoms in total. The summed E-state index contributed by atoms with van der Waals surface area (Å²) in [6.07, 6.45) is 4.28. The molecule has 0 N–H and O–H groups in total. The Labute approximate surface area is 84.1 Å². The molecule has 0 aromatic carbocycles. The second-order valence-corrected chi connectivity index (χ2v) is 3.82. The minimum Gasteiger partial charge on any atom is -0.220 e. The van der Waals surface area contributed by atoms with Crippen molar-refractivity contribution < 1.29 is 0 Å². The lowest BCUT2D eigenvalue weighted by molar-refractivity contribution is 0.790. The Bertz CT molecular complexity index is 411. The number of rotatable bonds is 2. The van der Waals surface area contributed by atoms with Gasteiger partial charge in [0.05, 0.1) is 10.5 Å². The molecule has 5 heteroatoms. The van der Waals surface area contributed by atoms with Crippen molar-refractivity contribution in [1.29, 1.82) is 0 Å². The molecule has 2 rings (SSSR count). The van der Waals surface area contributed by atoms with Crippen molar-refractivity contribution in [3.63, 3.8) is 0 Å². The largest absolute Gasteiger partial charge is 0.252 e. The summed E-state index contributed by atoms with van der Waals surface area (Å²) in [5.74, 6) is 0.649. The molecular formula is C8H9BrN4. The zero-order chi connectivity index (χ0) is 9.26. The van der Waals surface area contributed by atoms with Crippen LogP contribution in [0.3, 0.4) is 0 Å². The molecule has 0 fully saturated rings. The number of aromatic nitrogens is 4. The van der Waals surface area contributed by atoms with Crippen LogP contribution >= 0.6 is 15.9 Å². The molecule has 0 aliphatic heterocycles. The van der Waals surface area contributed by atoms with Crippen LogP contribution in [0, 0.1) is 0 Å². The van der Waals surface area contributed by atoms with E-state index >= 15 is 0 Å². The van der Waals surface area contributed by atoms with Crippen LogP contribution in [0.15, 0.2) is 18.6 Å². The van der Waals surface area contributed by atoms with Gasteiger partial charge in [-0.15, -0.1) is 0 Å². The summed E-state index contributed by atoms with van der Waals surface area (Å²) in [4.78, 5) is 8.41. The summed E-state index contributed by atoms with van der Waals surface area (Å²) in [6, 6.07) is 1.95. The number of fused-ring (bicyclic) bond motifs is 1. The summed E-state index contributed by atoms with van der Waals surface area (Å²) in [5, 5.41) is 4.10. The highest BCUT2D eigenvalue weighted by Gasteiger charge is 2.09. The molecule has 1 unspecified atom stereocenters. The van der Waals surface area contributed by atoms with Crippen molar-refractivity contribution in [3.8, 4) is 0 Å². The van der Waals surface area contributed by atoms with Crippen LogP contribution in [0.2, 0.25) is 0 Å². The predicted octanol–water partition coefficient (Wildman–Crippen LogP) is 1.97. The highest BCUT2D eigenvalue weighted by atomic mass is 79.9. The average Bonchev–Trinajstić information content (AvgIpc) is 2.63. The van der Waals surface area contributed by atoms with Gasteiger partial charge in [0.2, 0.25) is 0 Å². The van der Waals surface area contributed by atoms with Gasteiger partial charge in [0.15, 0.2) is 0 Å². The third-order valence-corrected chi connectivity index (χ3v) is 3.01. The van der Waals surface area contributed by atoms with Gasteiger partial charge in [-0.25, -0.2) is 9.50 Å². The molecule has 0 bridgehead atoms. The van der Waals surface area contributed by atoms with Crippen LogP contribution in [-0.2, 0) is 0 Å². The molecule has 0 radical (unpaired) electrons. The molecule has 2 heterocycles. The summed E-state index contributed by atoms with van der Waals surface area (Å²) < 4.78 is 1.75. The highest BCUT2D eigenvalue weighted by molar-refractivity contribution is 9.09. The van der Waals surface area contributed by atoms with E-state index in [-0.39, 0.29) is 0 Å². The number of hydrogen-bond donors (Lipinski definition) is 0. The predicted molar refractivity (Wildman–Crippen MR) is 52.7 cm³/mol. The van der Waals surface area contributed by atoms with Gasteiger partial charge in [-0.1, -0.05) is 22.9 Å². The first-order valence-corrected chi connectivity index (χ1v) is 5.03. The maximum absolute atomic E-state index is 4.10. The molecule has 13 heavy (non-hydrogen) atoms. The van der Waals surface area contributed by atoms with E-state index in [1.165, 1.54) is 6.33 Å². The second kappa shape index (κ2) is 3.41. The minimum atomic E-state index is 0.305. The molecule has 0 spiro atoms. The SMILES string of the molecule is CCC(Br)c1ccnc2ncnn12. The summed E-state index contributed by atoms with van der Waals surface area (Å²) in [5.41, 5.74) is 1.09. The molecule has 2 aromatic heterocycles. The van der Waals surface area contributed by atoms with Crippen LogP contribution in [-0.4, -0.2) is 19.6 Å². The van der Waals surface area contributed by atoms with Crippen molar-refractivity contribution in [3.05, 3.63) is 24.3 Å². The average molecular weight is 241 g/mol. The van der Waals surface area contributed by atoms with E-state index in [9.17, 15) is 0 Å². The van der Waals surface area contributed by atoms with Crippen LogP contribution in [0.25, 0.3) is 5.78 Å². The van der Waals surface area contributed by atoms with E-state index in [0.29, 0.717) is 10.6 Å². The lowest BCUT2D eigenvalue weighted by Gasteiger charge is -2.07. The maximum Gasteiger partial charge on any atom is 0.252 e. The molecule has 0 saturated heterocycles. The fraction of sp³-hybridized carbons (Fsp3) is 0.375. The highest BCUT2D eigenvalue weighted by Crippen LogP contribution is 2.24. The zero-order valence-corrected chi connectivity index (χ0v) is 8.77. The quantitative estimate of drug-likeness (QED) is 0.755. The monoisotopic (exact) mass is 240 g/mol. The zero-order valence-electron chi connectivity index (χ0n) is 7.18. The van der Waals surface area contributed by atoms with E-state index in [0.717, 1.165) is 12.1 Å². The van der Waals surface area contributed by atoms with Crippen LogP contribution < -0.4 is 0 Å². The topological polar surface area (TPSA) is 43.1 Å². The Morgan fingerprint density at radius 1 is 1.54 bits per heavy atom. The van der Waals surface area contributed by atoms with Gasteiger partial charge < -0.3 is 0 Å². The lowest BCUT2D eigenvalue weighted by atomic mass is 10.2. The fourth-order valence-corrected chi connectivity index (χ4v) is 1.55. The molecule has 0 aliphatic rings. The smallest absolute Gasteiger partial charge is 0.220 e. The van der Waals surface area contributed by atoms with Crippen molar-refractivity contribution in [2.75, 3.05) is 0 Å². The first-order valence-electron chi connectivity index (χ1n) is 4.11. The summed E-state index contributed by atoms with van der Waals surface area (Å²) >= 11 is 3.57. The van der Waals surface area contributed by atoms with Gasteiger partial charge in [0, 0.05) is 6.20 Å². The van der Waals surface area contributed by atoms with Crippen LogP contribution in [0.4, 0.5) is 0 Å². The van der Waals surface area contributed by atoms with Crippen molar-refractivity contribution >= 4 is 21.7 Å². The molecule has 0 aliphatic carbocycles. The van der Waals surface area contributed by atoms with E-state index in [1.54, 1.807) is 10.7 Å².